The number of rotatable bonds is 3. The van der Waals surface area contributed by atoms with E-state index in [0.29, 0.717) is 23.6 Å². The summed E-state index contributed by atoms with van der Waals surface area (Å²) in [6.45, 7) is 22.8. The molecule has 0 heterocycles. The van der Waals surface area contributed by atoms with Crippen LogP contribution in [0.5, 0.6) is 0 Å². The summed E-state index contributed by atoms with van der Waals surface area (Å²) < 4.78 is 19.7. The molecule has 0 saturated heterocycles. The normalized spacial score (nSPS) is 33.3. The van der Waals surface area contributed by atoms with Gasteiger partial charge in [-0.15, -0.1) is 12.4 Å². The number of aliphatic imine (C=N–C) groups is 1. The molecule has 0 aliphatic heterocycles. The van der Waals surface area contributed by atoms with Crippen LogP contribution in [0.2, 0.25) is 0 Å². The summed E-state index contributed by atoms with van der Waals surface area (Å²) in [5.41, 5.74) is 12.1. The second-order valence-corrected chi connectivity index (χ2v) is 20.5. The zero-order chi connectivity index (χ0) is 42.8. The molecule has 15 nitrogen and oxygen atoms in total. The molecule has 12 aliphatic rings. The highest BCUT2D eigenvalue weighted by Crippen LogP contribution is 3.06. The van der Waals surface area contributed by atoms with Gasteiger partial charge in [0.15, 0.2) is 0 Å². The van der Waals surface area contributed by atoms with Crippen molar-refractivity contribution < 1.29 is 43.2 Å². The third-order valence-corrected chi connectivity index (χ3v) is 11.7. The van der Waals surface area contributed by atoms with Crippen LogP contribution in [-0.2, 0) is 23.7 Å². The Balaban J connectivity index is 0.000000376. The van der Waals surface area contributed by atoms with Crippen LogP contribution < -0.4 is 22.4 Å². The minimum atomic E-state index is -0.627. The molecule has 0 aromatic carbocycles. The topological polar surface area (TPSA) is 217 Å². The molecule has 12 fully saturated rings. The first-order valence-corrected chi connectivity index (χ1v) is 20.2. The van der Waals surface area contributed by atoms with E-state index in [1.165, 1.54) is 50.5 Å². The summed E-state index contributed by atoms with van der Waals surface area (Å²) >= 11 is 0. The first-order valence-electron chi connectivity index (χ1n) is 20.2. The summed E-state index contributed by atoms with van der Waals surface area (Å²) in [6, 6.07) is 0. The van der Waals surface area contributed by atoms with Crippen LogP contribution in [0.25, 0.3) is 0 Å². The van der Waals surface area contributed by atoms with Gasteiger partial charge in [0, 0.05) is 25.1 Å². The number of esters is 1. The van der Waals surface area contributed by atoms with Crippen LogP contribution >= 0.6 is 12.4 Å². The number of hydrogen-bond donors (Lipinski definition) is 5. The zero-order valence-electron chi connectivity index (χ0n) is 36.8. The number of aliphatic hydroxyl groups excluding tert-OH is 1. The highest BCUT2D eigenvalue weighted by molar-refractivity contribution is 5.85. The molecule has 12 rings (SSSR count). The lowest BCUT2D eigenvalue weighted by Gasteiger charge is -2.64. The number of carbonyl (C=O) groups is 4. The van der Waals surface area contributed by atoms with Gasteiger partial charge < -0.3 is 29.8 Å². The number of nitrogens with two attached hydrogens (primary N) is 2. The van der Waals surface area contributed by atoms with E-state index < -0.39 is 35.1 Å². The summed E-state index contributed by atoms with van der Waals surface area (Å²) in [6.07, 6.45) is 13.8. The van der Waals surface area contributed by atoms with Crippen molar-refractivity contribution >= 4 is 43.4 Å². The van der Waals surface area contributed by atoms with Crippen molar-refractivity contribution in [3.63, 3.8) is 0 Å². The molecule has 0 aromatic rings. The van der Waals surface area contributed by atoms with Crippen LogP contribution in [0.3, 0.4) is 0 Å². The number of nitrogens with zero attached hydrogens (tertiary/aromatic N) is 2. The molecule has 6 bridgehead atoms. The average Bonchev–Trinajstić information content (AvgIpc) is 3.82. The molecule has 16 heteroatoms. The van der Waals surface area contributed by atoms with Gasteiger partial charge in [-0.25, -0.2) is 24.8 Å². The van der Waals surface area contributed by atoms with Gasteiger partial charge in [0.25, 0.3) is 0 Å². The monoisotopic (exact) mass is 847 g/mol. The number of hydrazine groups is 2. The number of aliphatic hydroxyl groups is 1. The molecule has 0 atom stereocenters. The fourth-order valence-electron chi connectivity index (χ4n) is 8.12. The molecule has 0 aromatic heterocycles. The Morgan fingerprint density at radius 3 is 1.26 bits per heavy atom. The number of nitrogens with one attached hydrogen (secondary N) is 2. The maximum Gasteiger partial charge on any atom is 0.433 e. The van der Waals surface area contributed by atoms with Gasteiger partial charge in [-0.3, -0.25) is 16.1 Å². The third-order valence-electron chi connectivity index (χ3n) is 11.7. The van der Waals surface area contributed by atoms with Crippen LogP contribution in [0, 0.1) is 28.6 Å². The quantitative estimate of drug-likeness (QED) is 0.0606. The molecule has 7 N–H and O–H groups in total. The Morgan fingerprint density at radius 2 is 1.12 bits per heavy atom. The highest BCUT2D eigenvalue weighted by atomic mass is 35.5. The summed E-state index contributed by atoms with van der Waals surface area (Å²) in [7, 11) is 1.00. The second kappa shape index (κ2) is 19.3. The van der Waals surface area contributed by atoms with E-state index in [1.54, 1.807) is 88.5 Å². The molecule has 3 amide bonds. The predicted molar refractivity (Wildman–Crippen MR) is 228 cm³/mol. The smallest absolute Gasteiger partial charge is 0.433 e. The lowest BCUT2D eigenvalue weighted by Crippen LogP contribution is -2.73. The molecule has 0 unspecified atom stereocenters. The number of ether oxygens (including phenoxy) is 4. The van der Waals surface area contributed by atoms with E-state index in [-0.39, 0.29) is 31.3 Å². The molecule has 12 saturated carbocycles. The number of carbonyl (C=O) groups excluding carboxylic acids is 4. The maximum absolute atomic E-state index is 12.4. The van der Waals surface area contributed by atoms with E-state index in [2.05, 4.69) is 27.3 Å². The van der Waals surface area contributed by atoms with Crippen molar-refractivity contribution in [2.24, 2.45) is 45.2 Å². The number of halogens is 1. The van der Waals surface area contributed by atoms with Crippen molar-refractivity contribution in [3.8, 4) is 0 Å². The second-order valence-electron chi connectivity index (χ2n) is 20.5. The van der Waals surface area contributed by atoms with Crippen molar-refractivity contribution in [1.29, 1.82) is 0 Å². The van der Waals surface area contributed by atoms with Crippen LogP contribution in [0.15, 0.2) is 4.99 Å². The van der Waals surface area contributed by atoms with E-state index >= 15 is 0 Å². The van der Waals surface area contributed by atoms with Gasteiger partial charge in [0.2, 0.25) is 0 Å². The summed E-state index contributed by atoms with van der Waals surface area (Å²) in [5.74, 6) is 7.81. The zero-order valence-corrected chi connectivity index (χ0v) is 37.6. The highest BCUT2D eigenvalue weighted by Gasteiger charge is 2.97. The van der Waals surface area contributed by atoms with Gasteiger partial charge >= 0.3 is 24.2 Å². The van der Waals surface area contributed by atoms with Crippen molar-refractivity contribution in [2.45, 2.75) is 194 Å². The van der Waals surface area contributed by atoms with Crippen molar-refractivity contribution in [1.82, 2.24) is 15.9 Å². The fourth-order valence-corrected chi connectivity index (χ4v) is 8.12. The largest absolute Gasteiger partial charge is 0.466 e. The van der Waals surface area contributed by atoms with Crippen LogP contribution in [0.4, 0.5) is 14.4 Å². The Bertz CT molecular complexity index is 1350. The fraction of sp³-hybridized carbons (Fsp3) is 0.881. The number of hydrogen-bond acceptors (Lipinski definition) is 12. The first-order chi connectivity index (χ1) is 25.6. The maximum atomic E-state index is 12.4. The third kappa shape index (κ3) is 14.5. The van der Waals surface area contributed by atoms with Crippen LogP contribution in [-0.4, -0.2) is 88.2 Å². The Labute approximate surface area is 354 Å². The van der Waals surface area contributed by atoms with E-state index in [1.807, 2.05) is 0 Å². The summed E-state index contributed by atoms with van der Waals surface area (Å²) in [5, 5.41) is 8.34. The number of amides is 3. The molecular formula is C42H79ClN6O9. The molecule has 12 aliphatic carbocycles. The Kier molecular flexibility index (Phi) is 17.8. The van der Waals surface area contributed by atoms with E-state index in [4.69, 9.17) is 30.9 Å². The lowest BCUT2D eigenvalue weighted by molar-refractivity contribution is -0.155. The molecule has 0 radical (unpaired) electrons. The molecule has 0 spiro atoms. The van der Waals surface area contributed by atoms with Gasteiger partial charge in [0.05, 0.1) is 12.1 Å². The Morgan fingerprint density at radius 1 is 0.759 bits per heavy atom. The van der Waals surface area contributed by atoms with Crippen LogP contribution in [0.1, 0.15) is 161 Å². The lowest BCUT2D eigenvalue weighted by atomic mass is 9.49. The van der Waals surface area contributed by atoms with E-state index in [9.17, 15) is 19.2 Å². The molecular weight excluding hydrogens is 768 g/mol. The van der Waals surface area contributed by atoms with Gasteiger partial charge in [0.1, 0.15) is 16.8 Å². The van der Waals surface area contributed by atoms with Gasteiger partial charge in [-0.1, -0.05) is 7.43 Å². The Hall–Kier alpha value is -2.72. The van der Waals surface area contributed by atoms with Gasteiger partial charge in [-0.2, -0.15) is 4.99 Å². The van der Waals surface area contributed by atoms with Crippen molar-refractivity contribution in [3.05, 3.63) is 0 Å². The molecule has 58 heavy (non-hydrogen) atoms. The standard InChI is InChI=1S/C15H26N2O4.C6H11NO2.C5H10N2.C5H9N.C5H6.C4H8O2.CH4O.CH4.ClH/c1-13(2,3)20-11(18)16-17(12(19)21-14(4,5)6)15-7-10(8-15)9-15;1-6(2,3)9-5(8)7-4;6-7-5-1-4(2-5)3-5;6-5-1-4(2-5)3-5;1-4-2-5(1,4)3-4;1-3-6-4(2)5;1-2;;/h10H,7-9H2,1-6H3,(H,16,18);4H2,1-3H3;4,7H,1-3,6H2;4H,1-3,6H2;1-3H2;3H2,1-2H3;2H,1H3;1H4;1H. The average molecular weight is 848 g/mol. The minimum Gasteiger partial charge on any atom is -0.466 e. The summed E-state index contributed by atoms with van der Waals surface area (Å²) in [4.78, 5) is 47.6. The predicted octanol–water partition coefficient (Wildman–Crippen LogP) is 7.74. The van der Waals surface area contributed by atoms with Crippen molar-refractivity contribution in [2.75, 3.05) is 13.7 Å². The SMILES string of the molecule is C.C1C23CC12C3.C=NC(=O)OC(C)(C)C.CC(C)(C)OC(=O)NN(C(=O)OC(C)(C)C)C12CC(C1)C2.CCOC(C)=O.CO.Cl.NC12CC(C1)C2.NNC12CC(C1)C2. The minimum absolute atomic E-state index is 0. The molecule has 338 valence electrons. The first kappa shape index (κ1) is 53.3. The van der Waals surface area contributed by atoms with E-state index in [0.717, 1.165) is 49.0 Å². The van der Waals surface area contributed by atoms with Gasteiger partial charge in [-0.05, 0) is 182 Å².